The number of carbonyl (C=O) groups is 1. The lowest BCUT2D eigenvalue weighted by Gasteiger charge is -2.17. The first-order valence-corrected chi connectivity index (χ1v) is 6.98. The molecule has 0 saturated carbocycles. The van der Waals surface area contributed by atoms with Crippen LogP contribution in [0.3, 0.4) is 0 Å². The average Bonchev–Trinajstić information content (AvgIpc) is 2.83. The van der Waals surface area contributed by atoms with Gasteiger partial charge in [0, 0.05) is 45.3 Å². The lowest BCUT2D eigenvalue weighted by molar-refractivity contribution is -0.125. The molecule has 1 aromatic rings. The number of hydrogen-bond acceptors (Lipinski definition) is 4. The molecule has 21 heavy (non-hydrogen) atoms. The summed E-state index contributed by atoms with van der Waals surface area (Å²) in [5, 5.41) is 12.3. The molecule has 2 N–H and O–H groups in total. The fourth-order valence-electron chi connectivity index (χ4n) is 2.67. The largest absolute Gasteiger partial charge is 0.396 e. The Hall–Kier alpha value is -1.50. The Morgan fingerprint density at radius 2 is 2.14 bits per heavy atom. The highest BCUT2D eigenvalue weighted by molar-refractivity contribution is 5.77. The summed E-state index contributed by atoms with van der Waals surface area (Å²) in [7, 11) is 1.47. The minimum absolute atomic E-state index is 0.00579. The third-order valence-corrected chi connectivity index (χ3v) is 3.69. The van der Waals surface area contributed by atoms with Crippen LogP contribution in [-0.4, -0.2) is 55.4 Å². The van der Waals surface area contributed by atoms with E-state index in [0.717, 1.165) is 5.56 Å². The Labute approximate surface area is 123 Å². The van der Waals surface area contributed by atoms with E-state index in [9.17, 15) is 14.3 Å². The van der Waals surface area contributed by atoms with Crippen molar-refractivity contribution in [1.29, 1.82) is 0 Å². The number of nitrogens with zero attached hydrogens (tertiary/aromatic N) is 1. The second-order valence-electron chi connectivity index (χ2n) is 5.37. The number of rotatable bonds is 6. The molecule has 1 aliphatic rings. The minimum atomic E-state index is -0.252. The predicted octanol–water partition coefficient (Wildman–Crippen LogP) is 0.381. The van der Waals surface area contributed by atoms with Gasteiger partial charge in [-0.15, -0.1) is 0 Å². The van der Waals surface area contributed by atoms with Crippen molar-refractivity contribution >= 4 is 5.91 Å². The standard InChI is InChI=1S/C15H21FN2O3/c1-21-10-15(20)17-14-8-18(7-12(14)9-19)6-11-2-4-13(16)5-3-11/h2-5,12,14,19H,6-10H2,1H3,(H,17,20)/t12-,14+/m0/s1. The molecule has 116 valence electrons. The molecule has 1 heterocycles. The van der Waals surface area contributed by atoms with E-state index >= 15 is 0 Å². The molecule has 1 amide bonds. The summed E-state index contributed by atoms with van der Waals surface area (Å²) in [5.74, 6) is -0.422. The van der Waals surface area contributed by atoms with Crippen LogP contribution in [0.2, 0.25) is 0 Å². The Balaban J connectivity index is 1.91. The number of nitrogens with one attached hydrogen (secondary N) is 1. The molecule has 2 rings (SSSR count). The summed E-state index contributed by atoms with van der Waals surface area (Å²) >= 11 is 0. The molecule has 5 nitrogen and oxygen atoms in total. The smallest absolute Gasteiger partial charge is 0.246 e. The topological polar surface area (TPSA) is 61.8 Å². The maximum Gasteiger partial charge on any atom is 0.246 e. The van der Waals surface area contributed by atoms with Gasteiger partial charge in [-0.2, -0.15) is 0 Å². The summed E-state index contributed by atoms with van der Waals surface area (Å²) in [6.45, 7) is 2.09. The van der Waals surface area contributed by atoms with Crippen LogP contribution in [0.5, 0.6) is 0 Å². The van der Waals surface area contributed by atoms with Gasteiger partial charge in [0.1, 0.15) is 12.4 Å². The monoisotopic (exact) mass is 296 g/mol. The van der Waals surface area contributed by atoms with Gasteiger partial charge < -0.3 is 15.2 Å². The number of methoxy groups -OCH3 is 1. The number of carbonyl (C=O) groups excluding carboxylic acids is 1. The van der Waals surface area contributed by atoms with E-state index in [1.54, 1.807) is 12.1 Å². The number of hydrogen-bond donors (Lipinski definition) is 2. The van der Waals surface area contributed by atoms with Crippen LogP contribution in [0.4, 0.5) is 4.39 Å². The van der Waals surface area contributed by atoms with Gasteiger partial charge in [-0.05, 0) is 17.7 Å². The average molecular weight is 296 g/mol. The summed E-state index contributed by atoms with van der Waals surface area (Å²) in [6.07, 6.45) is 0. The Morgan fingerprint density at radius 1 is 1.43 bits per heavy atom. The first kappa shape index (κ1) is 15.9. The van der Waals surface area contributed by atoms with E-state index in [1.807, 2.05) is 0 Å². The normalized spacial score (nSPS) is 22.4. The van der Waals surface area contributed by atoms with E-state index in [2.05, 4.69) is 10.2 Å². The number of ether oxygens (including phenoxy) is 1. The van der Waals surface area contributed by atoms with E-state index in [1.165, 1.54) is 19.2 Å². The van der Waals surface area contributed by atoms with Crippen LogP contribution in [0, 0.1) is 11.7 Å². The molecule has 1 aromatic carbocycles. The molecule has 0 aliphatic carbocycles. The highest BCUT2D eigenvalue weighted by atomic mass is 19.1. The highest BCUT2D eigenvalue weighted by Gasteiger charge is 2.33. The molecule has 0 bridgehead atoms. The van der Waals surface area contributed by atoms with Crippen molar-refractivity contribution in [2.45, 2.75) is 12.6 Å². The summed E-state index contributed by atoms with van der Waals surface area (Å²) in [4.78, 5) is 13.7. The summed E-state index contributed by atoms with van der Waals surface area (Å²) in [6, 6.07) is 6.29. The van der Waals surface area contributed by atoms with Crippen LogP contribution < -0.4 is 5.32 Å². The SMILES string of the molecule is COCC(=O)N[C@@H]1CN(Cc2ccc(F)cc2)C[C@H]1CO. The van der Waals surface area contributed by atoms with Gasteiger partial charge in [-0.25, -0.2) is 4.39 Å². The van der Waals surface area contributed by atoms with Crippen LogP contribution in [0.15, 0.2) is 24.3 Å². The van der Waals surface area contributed by atoms with E-state index in [-0.39, 0.29) is 36.9 Å². The first-order valence-electron chi connectivity index (χ1n) is 6.98. The van der Waals surface area contributed by atoms with Gasteiger partial charge in [0.25, 0.3) is 0 Å². The van der Waals surface area contributed by atoms with Crippen LogP contribution in [-0.2, 0) is 16.1 Å². The molecule has 6 heteroatoms. The zero-order chi connectivity index (χ0) is 15.2. The fraction of sp³-hybridized carbons (Fsp3) is 0.533. The second kappa shape index (κ2) is 7.49. The van der Waals surface area contributed by atoms with Crippen molar-refractivity contribution in [2.75, 3.05) is 33.4 Å². The Kier molecular flexibility index (Phi) is 5.67. The Bertz CT molecular complexity index is 466. The van der Waals surface area contributed by atoms with Crippen LogP contribution >= 0.6 is 0 Å². The number of benzene rings is 1. The lowest BCUT2D eigenvalue weighted by Crippen LogP contribution is -2.43. The molecule has 1 saturated heterocycles. The van der Waals surface area contributed by atoms with Crippen molar-refractivity contribution in [3.8, 4) is 0 Å². The lowest BCUT2D eigenvalue weighted by atomic mass is 10.1. The first-order chi connectivity index (χ1) is 10.1. The minimum Gasteiger partial charge on any atom is -0.396 e. The molecule has 0 aromatic heterocycles. The van der Waals surface area contributed by atoms with Crippen molar-refractivity contribution in [1.82, 2.24) is 10.2 Å². The molecule has 2 atom stereocenters. The Morgan fingerprint density at radius 3 is 2.76 bits per heavy atom. The quantitative estimate of drug-likeness (QED) is 0.797. The third kappa shape index (κ3) is 4.49. The molecular weight excluding hydrogens is 275 g/mol. The molecule has 0 spiro atoms. The zero-order valence-corrected chi connectivity index (χ0v) is 12.1. The number of halogens is 1. The van der Waals surface area contributed by atoms with E-state index in [0.29, 0.717) is 19.6 Å². The van der Waals surface area contributed by atoms with Gasteiger partial charge in [0.05, 0.1) is 0 Å². The van der Waals surface area contributed by atoms with Gasteiger partial charge in [-0.1, -0.05) is 12.1 Å². The zero-order valence-electron chi connectivity index (χ0n) is 12.1. The second-order valence-corrected chi connectivity index (χ2v) is 5.37. The van der Waals surface area contributed by atoms with Crippen LogP contribution in [0.1, 0.15) is 5.56 Å². The number of likely N-dealkylation sites (tertiary alicyclic amines) is 1. The molecule has 1 aliphatic heterocycles. The summed E-state index contributed by atoms with van der Waals surface area (Å²) in [5.41, 5.74) is 1.01. The predicted molar refractivity (Wildman–Crippen MR) is 76.1 cm³/mol. The van der Waals surface area contributed by atoms with E-state index in [4.69, 9.17) is 4.74 Å². The van der Waals surface area contributed by atoms with Gasteiger partial charge in [-0.3, -0.25) is 9.69 Å². The van der Waals surface area contributed by atoms with Crippen molar-refractivity contribution in [2.24, 2.45) is 5.92 Å². The summed E-state index contributed by atoms with van der Waals surface area (Å²) < 4.78 is 17.7. The third-order valence-electron chi connectivity index (χ3n) is 3.69. The number of amides is 1. The van der Waals surface area contributed by atoms with Gasteiger partial charge in [0.2, 0.25) is 5.91 Å². The van der Waals surface area contributed by atoms with E-state index < -0.39 is 0 Å². The number of aliphatic hydroxyl groups excluding tert-OH is 1. The fourth-order valence-corrected chi connectivity index (χ4v) is 2.67. The highest BCUT2D eigenvalue weighted by Crippen LogP contribution is 2.19. The van der Waals surface area contributed by atoms with Crippen molar-refractivity contribution in [3.63, 3.8) is 0 Å². The van der Waals surface area contributed by atoms with Crippen molar-refractivity contribution < 1.29 is 19.0 Å². The maximum absolute atomic E-state index is 12.9. The van der Waals surface area contributed by atoms with Crippen molar-refractivity contribution in [3.05, 3.63) is 35.6 Å². The molecule has 0 radical (unpaired) electrons. The molecule has 1 fully saturated rings. The van der Waals surface area contributed by atoms with Gasteiger partial charge in [0.15, 0.2) is 0 Å². The molecule has 0 unspecified atom stereocenters. The van der Waals surface area contributed by atoms with Gasteiger partial charge >= 0.3 is 0 Å². The number of aliphatic hydroxyl groups is 1. The maximum atomic E-state index is 12.9. The van der Waals surface area contributed by atoms with Crippen LogP contribution in [0.25, 0.3) is 0 Å². The molecular formula is C15H21FN2O3.